The van der Waals surface area contributed by atoms with Gasteiger partial charge in [0.2, 0.25) is 0 Å². The molecule has 0 amide bonds. The summed E-state index contributed by atoms with van der Waals surface area (Å²) in [5.74, 6) is 1.61. The molecule has 0 spiro atoms. The summed E-state index contributed by atoms with van der Waals surface area (Å²) in [7, 11) is 0. The number of nitrogens with two attached hydrogens (primary N) is 1. The minimum atomic E-state index is 0.580. The molecule has 70 valence electrons. The third-order valence-electron chi connectivity index (χ3n) is 2.50. The molecule has 0 aromatic carbocycles. The van der Waals surface area contributed by atoms with Crippen molar-refractivity contribution in [3.05, 3.63) is 17.8 Å². The van der Waals surface area contributed by atoms with Crippen molar-refractivity contribution >= 4 is 11.5 Å². The molecular formula is C10H15N3. The van der Waals surface area contributed by atoms with E-state index in [0.717, 1.165) is 23.1 Å². The fourth-order valence-electron chi connectivity index (χ4n) is 1.38. The van der Waals surface area contributed by atoms with Crippen molar-refractivity contribution < 1.29 is 0 Å². The number of nitrogens with one attached hydrogen (secondary N) is 1. The first-order valence-corrected chi connectivity index (χ1v) is 4.66. The molecule has 0 radical (unpaired) electrons. The molecule has 1 aliphatic rings. The van der Waals surface area contributed by atoms with Crippen LogP contribution >= 0.6 is 0 Å². The number of pyridine rings is 1. The van der Waals surface area contributed by atoms with Crippen molar-refractivity contribution in [2.75, 3.05) is 11.1 Å². The van der Waals surface area contributed by atoms with Crippen LogP contribution in [0.4, 0.5) is 11.5 Å². The normalized spacial score (nSPS) is 25.7. The highest BCUT2D eigenvalue weighted by atomic mass is 15.1. The second-order valence-corrected chi connectivity index (χ2v) is 3.85. The average Bonchev–Trinajstić information content (AvgIpc) is 2.75. The topological polar surface area (TPSA) is 50.9 Å². The number of hydrogen-bond acceptors (Lipinski definition) is 3. The maximum absolute atomic E-state index is 5.79. The molecule has 2 atom stereocenters. The molecular weight excluding hydrogens is 162 g/mol. The number of aryl methyl sites for hydroxylation is 1. The maximum Gasteiger partial charge on any atom is 0.149 e. The number of aromatic nitrogens is 1. The highest BCUT2D eigenvalue weighted by Gasteiger charge is 2.32. The lowest BCUT2D eigenvalue weighted by atomic mass is 10.3. The maximum atomic E-state index is 5.79. The molecule has 2 unspecified atom stereocenters. The Morgan fingerprint density at radius 3 is 2.85 bits per heavy atom. The number of nitrogens with zero attached hydrogens (tertiary/aromatic N) is 1. The van der Waals surface area contributed by atoms with Crippen molar-refractivity contribution in [2.45, 2.75) is 26.3 Å². The van der Waals surface area contributed by atoms with Crippen molar-refractivity contribution in [3.63, 3.8) is 0 Å². The molecule has 1 aliphatic carbocycles. The Morgan fingerprint density at radius 2 is 2.23 bits per heavy atom. The summed E-state index contributed by atoms with van der Waals surface area (Å²) in [5.41, 5.74) is 7.53. The molecule has 1 saturated carbocycles. The monoisotopic (exact) mass is 177 g/mol. The Hall–Kier alpha value is -1.25. The minimum absolute atomic E-state index is 0.580. The number of rotatable bonds is 2. The number of nitrogen functional groups attached to an aromatic ring is 1. The standard InChI is InChI=1S/C10H15N3/c1-6-5-9(6)13-10-8(11)4-3-7(2)12-10/h3-4,6,9H,5,11H2,1-2H3,(H,12,13). The largest absolute Gasteiger partial charge is 0.396 e. The fraction of sp³-hybridized carbons (Fsp3) is 0.500. The van der Waals surface area contributed by atoms with Crippen molar-refractivity contribution in [3.8, 4) is 0 Å². The zero-order valence-corrected chi connectivity index (χ0v) is 8.04. The summed E-state index contributed by atoms with van der Waals surface area (Å²) < 4.78 is 0. The van der Waals surface area contributed by atoms with Gasteiger partial charge < -0.3 is 11.1 Å². The second kappa shape index (κ2) is 2.91. The SMILES string of the molecule is Cc1ccc(N)c(NC2CC2C)n1. The van der Waals surface area contributed by atoms with Crippen LogP contribution in [-0.4, -0.2) is 11.0 Å². The van der Waals surface area contributed by atoms with Crippen LogP contribution in [0.2, 0.25) is 0 Å². The second-order valence-electron chi connectivity index (χ2n) is 3.85. The van der Waals surface area contributed by atoms with E-state index in [4.69, 9.17) is 5.73 Å². The van der Waals surface area contributed by atoms with Crippen LogP contribution in [0, 0.1) is 12.8 Å². The van der Waals surface area contributed by atoms with Crippen LogP contribution in [0.25, 0.3) is 0 Å². The van der Waals surface area contributed by atoms with Crippen LogP contribution in [-0.2, 0) is 0 Å². The summed E-state index contributed by atoms with van der Waals surface area (Å²) >= 11 is 0. The molecule has 1 aromatic heterocycles. The van der Waals surface area contributed by atoms with Crippen LogP contribution in [0.3, 0.4) is 0 Å². The van der Waals surface area contributed by atoms with Crippen LogP contribution < -0.4 is 11.1 Å². The first-order chi connectivity index (χ1) is 6.16. The quantitative estimate of drug-likeness (QED) is 0.724. The van der Waals surface area contributed by atoms with Crippen LogP contribution in [0.1, 0.15) is 19.0 Å². The van der Waals surface area contributed by atoms with E-state index < -0.39 is 0 Å². The van der Waals surface area contributed by atoms with Gasteiger partial charge in [0.1, 0.15) is 5.82 Å². The molecule has 3 nitrogen and oxygen atoms in total. The summed E-state index contributed by atoms with van der Waals surface area (Å²) in [6.07, 6.45) is 1.23. The molecule has 0 aliphatic heterocycles. The summed E-state index contributed by atoms with van der Waals surface area (Å²) in [5, 5.41) is 3.34. The summed E-state index contributed by atoms with van der Waals surface area (Å²) in [6.45, 7) is 4.20. The van der Waals surface area contributed by atoms with E-state index in [1.807, 2.05) is 19.1 Å². The first kappa shape index (κ1) is 8.35. The lowest BCUT2D eigenvalue weighted by Crippen LogP contribution is -2.08. The third kappa shape index (κ3) is 1.74. The van der Waals surface area contributed by atoms with Crippen molar-refractivity contribution in [1.82, 2.24) is 4.98 Å². The Balaban J connectivity index is 2.14. The molecule has 3 heteroatoms. The Morgan fingerprint density at radius 1 is 1.54 bits per heavy atom. The highest BCUT2D eigenvalue weighted by molar-refractivity contribution is 5.62. The molecule has 2 rings (SSSR count). The lowest BCUT2D eigenvalue weighted by molar-refractivity contribution is 0.922. The predicted octanol–water partition coefficient (Wildman–Crippen LogP) is 1.79. The molecule has 1 aromatic rings. The van der Waals surface area contributed by atoms with Gasteiger partial charge in [-0.25, -0.2) is 4.98 Å². The summed E-state index contributed by atoms with van der Waals surface area (Å²) in [6, 6.07) is 4.41. The molecule has 0 saturated heterocycles. The lowest BCUT2D eigenvalue weighted by Gasteiger charge is -2.07. The van der Waals surface area contributed by atoms with E-state index in [1.54, 1.807) is 0 Å². The average molecular weight is 177 g/mol. The molecule has 1 heterocycles. The number of anilines is 2. The smallest absolute Gasteiger partial charge is 0.149 e. The van der Waals surface area contributed by atoms with E-state index in [-0.39, 0.29) is 0 Å². The van der Waals surface area contributed by atoms with Gasteiger partial charge in [-0.1, -0.05) is 6.92 Å². The predicted molar refractivity (Wildman–Crippen MR) is 54.6 cm³/mol. The Bertz CT molecular complexity index is 322. The van der Waals surface area contributed by atoms with E-state index in [1.165, 1.54) is 6.42 Å². The van der Waals surface area contributed by atoms with E-state index in [9.17, 15) is 0 Å². The van der Waals surface area contributed by atoms with Gasteiger partial charge in [-0.15, -0.1) is 0 Å². The van der Waals surface area contributed by atoms with Gasteiger partial charge in [-0.05, 0) is 31.4 Å². The van der Waals surface area contributed by atoms with Gasteiger partial charge in [-0.2, -0.15) is 0 Å². The molecule has 3 N–H and O–H groups in total. The first-order valence-electron chi connectivity index (χ1n) is 4.66. The highest BCUT2D eigenvalue weighted by Crippen LogP contribution is 2.33. The molecule has 0 bridgehead atoms. The zero-order chi connectivity index (χ0) is 9.42. The van der Waals surface area contributed by atoms with E-state index in [2.05, 4.69) is 17.2 Å². The Labute approximate surface area is 78.4 Å². The minimum Gasteiger partial charge on any atom is -0.396 e. The van der Waals surface area contributed by atoms with Gasteiger partial charge in [0.05, 0.1) is 5.69 Å². The fourth-order valence-corrected chi connectivity index (χ4v) is 1.38. The van der Waals surface area contributed by atoms with Gasteiger partial charge in [0, 0.05) is 11.7 Å². The van der Waals surface area contributed by atoms with Crippen LogP contribution in [0.5, 0.6) is 0 Å². The molecule has 13 heavy (non-hydrogen) atoms. The van der Waals surface area contributed by atoms with Gasteiger partial charge in [-0.3, -0.25) is 0 Å². The van der Waals surface area contributed by atoms with Gasteiger partial charge in [0.15, 0.2) is 0 Å². The summed E-state index contributed by atoms with van der Waals surface area (Å²) in [4.78, 5) is 4.35. The zero-order valence-electron chi connectivity index (χ0n) is 8.04. The van der Waals surface area contributed by atoms with Gasteiger partial charge >= 0.3 is 0 Å². The van der Waals surface area contributed by atoms with E-state index >= 15 is 0 Å². The van der Waals surface area contributed by atoms with Crippen LogP contribution in [0.15, 0.2) is 12.1 Å². The van der Waals surface area contributed by atoms with E-state index in [0.29, 0.717) is 6.04 Å². The third-order valence-corrected chi connectivity index (χ3v) is 2.50. The van der Waals surface area contributed by atoms with Crippen molar-refractivity contribution in [1.29, 1.82) is 0 Å². The Kier molecular flexibility index (Phi) is 1.87. The van der Waals surface area contributed by atoms with Gasteiger partial charge in [0.25, 0.3) is 0 Å². The number of hydrogen-bond donors (Lipinski definition) is 2. The molecule has 1 fully saturated rings. The van der Waals surface area contributed by atoms with Crippen molar-refractivity contribution in [2.24, 2.45) is 5.92 Å².